The van der Waals surface area contributed by atoms with Crippen LogP contribution in [-0.2, 0) is 80.5 Å². The molecule has 2 aliphatic heterocycles. The Morgan fingerprint density at radius 2 is 0.887 bits per heavy atom. The van der Waals surface area contributed by atoms with Gasteiger partial charge >= 0.3 is 5.97 Å². The van der Waals surface area contributed by atoms with E-state index in [4.69, 9.17) is 42.6 Å². The Morgan fingerprint density at radius 1 is 0.500 bits per heavy atom. The maximum atomic E-state index is 12.4. The molecule has 5 aromatic rings. The minimum Gasteiger partial charge on any atom is -0.463 e. The Hall–Kier alpha value is -4.40. The van der Waals surface area contributed by atoms with E-state index >= 15 is 0 Å². The zero-order valence-electron chi connectivity index (χ0n) is 35.6. The van der Waals surface area contributed by atoms with Crippen molar-refractivity contribution in [2.75, 3.05) is 12.4 Å². The molecule has 0 aliphatic carbocycles. The lowest BCUT2D eigenvalue weighted by atomic mass is 9.96. The molecule has 0 amide bonds. The van der Waals surface area contributed by atoms with Gasteiger partial charge in [0.05, 0.1) is 39.1 Å². The first-order chi connectivity index (χ1) is 30.4. The number of esters is 1. The van der Waals surface area contributed by atoms with Crippen molar-refractivity contribution >= 4 is 17.7 Å². The monoisotopic (exact) mass is 862 g/mol. The van der Waals surface area contributed by atoms with Crippen LogP contribution in [-0.4, -0.2) is 78.9 Å². The van der Waals surface area contributed by atoms with Crippen LogP contribution in [0.4, 0.5) is 0 Å². The summed E-state index contributed by atoms with van der Waals surface area (Å²) in [5, 5.41) is 0. The highest BCUT2D eigenvalue weighted by atomic mass is 32.2. The third kappa shape index (κ3) is 13.1. The van der Waals surface area contributed by atoms with Crippen LogP contribution in [0.25, 0.3) is 0 Å². The molecule has 2 fully saturated rings. The number of ether oxygens (including phenoxy) is 9. The Balaban J connectivity index is 1.28. The van der Waals surface area contributed by atoms with Gasteiger partial charge in [0.25, 0.3) is 0 Å². The van der Waals surface area contributed by atoms with E-state index < -0.39 is 60.4 Å². The highest BCUT2D eigenvalue weighted by molar-refractivity contribution is 7.99. The third-order valence-electron chi connectivity index (χ3n) is 10.8. The van der Waals surface area contributed by atoms with Crippen molar-refractivity contribution in [3.8, 4) is 0 Å². The molecule has 0 spiro atoms. The van der Waals surface area contributed by atoms with Crippen molar-refractivity contribution in [2.45, 2.75) is 114 Å². The van der Waals surface area contributed by atoms with Gasteiger partial charge in [-0.25, -0.2) is 0 Å². The normalized spacial score (nSPS) is 26.2. The number of hydrogen-bond acceptors (Lipinski definition) is 11. The molecule has 0 aromatic heterocycles. The van der Waals surface area contributed by atoms with Gasteiger partial charge in [0.2, 0.25) is 0 Å². The SMILES string of the molecule is CCS[C@@H]1O[C@@H](C)[C@H](OCc2ccccc2)[C@@H](O[C@H]2O[C@H](COC(C)=O)[C@@H](OCc3ccccc3)[C@H](OCc3ccccc3)[C@H]2OCc2ccccc2)[C@H]1OCc1ccccc1. The van der Waals surface area contributed by atoms with E-state index in [1.54, 1.807) is 11.8 Å². The average molecular weight is 863 g/mol. The maximum absolute atomic E-state index is 12.4. The Kier molecular flexibility index (Phi) is 17.6. The van der Waals surface area contributed by atoms with Crippen molar-refractivity contribution in [3.05, 3.63) is 179 Å². The second kappa shape index (κ2) is 23.9. The van der Waals surface area contributed by atoms with E-state index in [0.29, 0.717) is 13.2 Å². The van der Waals surface area contributed by atoms with Gasteiger partial charge in [-0.05, 0) is 40.5 Å². The second-order valence-corrected chi connectivity index (χ2v) is 16.8. The molecular weight excluding hydrogens is 805 g/mol. The highest BCUT2D eigenvalue weighted by Gasteiger charge is 2.54. The van der Waals surface area contributed by atoms with E-state index in [-0.39, 0.29) is 32.5 Å². The first-order valence-corrected chi connectivity index (χ1v) is 22.5. The van der Waals surface area contributed by atoms with Crippen LogP contribution in [0.1, 0.15) is 48.6 Å². The van der Waals surface area contributed by atoms with Gasteiger partial charge in [-0.1, -0.05) is 159 Å². The van der Waals surface area contributed by atoms with Crippen LogP contribution >= 0.6 is 11.8 Å². The molecule has 0 radical (unpaired) electrons. The van der Waals surface area contributed by atoms with E-state index in [2.05, 4.69) is 6.92 Å². The minimum atomic E-state index is -1.06. The van der Waals surface area contributed by atoms with E-state index in [1.165, 1.54) is 6.92 Å². The third-order valence-corrected chi connectivity index (χ3v) is 11.9. The molecule has 0 N–H and O–H groups in total. The number of thioether (sulfide) groups is 1. The molecule has 2 heterocycles. The standard InChI is InChI=1S/C51H58O10S/c1-4-62-51-49(58-34-42-28-18-9-19-29-42)47(44(36(2)59-51)54-30-38-20-10-5-11-21-38)61-50-48(57-33-41-26-16-8-17-27-41)46(56-32-40-24-14-7-15-25-40)45(43(60-50)35-53-37(3)52)55-31-39-22-12-6-13-23-39/h5-29,36,43-51H,4,30-35H2,1-3H3/t36-,43+,44-,45+,46-,47+,48+,49+,50+,51-/m0/s1. The van der Waals surface area contributed by atoms with Crippen molar-refractivity contribution in [2.24, 2.45) is 0 Å². The lowest BCUT2D eigenvalue weighted by Gasteiger charge is -2.50. The summed E-state index contributed by atoms with van der Waals surface area (Å²) in [5.74, 6) is 0.340. The molecule has 7 rings (SSSR count). The molecule has 2 aliphatic rings. The zero-order valence-corrected chi connectivity index (χ0v) is 36.5. The van der Waals surface area contributed by atoms with Crippen LogP contribution < -0.4 is 0 Å². The molecule has 0 bridgehead atoms. The van der Waals surface area contributed by atoms with Gasteiger partial charge in [0, 0.05) is 6.92 Å². The fourth-order valence-electron chi connectivity index (χ4n) is 7.71. The van der Waals surface area contributed by atoms with Crippen molar-refractivity contribution < 1.29 is 47.4 Å². The number of hydrogen-bond donors (Lipinski definition) is 0. The molecular formula is C51H58O10S. The first kappa shape index (κ1) is 45.6. The number of carbonyl (C=O) groups excluding carboxylic acids is 1. The molecule has 2 saturated heterocycles. The number of benzene rings is 5. The van der Waals surface area contributed by atoms with Crippen LogP contribution in [0, 0.1) is 0 Å². The van der Waals surface area contributed by atoms with Crippen molar-refractivity contribution in [1.82, 2.24) is 0 Å². The summed E-state index contributed by atoms with van der Waals surface area (Å²) < 4.78 is 61.0. The number of rotatable bonds is 21. The Labute approximate surface area is 370 Å². The lowest BCUT2D eigenvalue weighted by Crippen LogP contribution is -2.65. The molecule has 328 valence electrons. The van der Waals surface area contributed by atoms with Gasteiger partial charge in [-0.3, -0.25) is 4.79 Å². The summed E-state index contributed by atoms with van der Waals surface area (Å²) in [6.45, 7) is 6.77. The summed E-state index contributed by atoms with van der Waals surface area (Å²) in [5.41, 5.74) is 4.53. The Bertz CT molecular complexity index is 2010. The van der Waals surface area contributed by atoms with E-state index in [0.717, 1.165) is 33.6 Å². The summed E-state index contributed by atoms with van der Waals surface area (Å²) in [6, 6.07) is 49.9. The van der Waals surface area contributed by atoms with E-state index in [1.807, 2.05) is 159 Å². The predicted octanol–water partition coefficient (Wildman–Crippen LogP) is 9.08. The highest BCUT2D eigenvalue weighted by Crippen LogP contribution is 2.38. The first-order valence-electron chi connectivity index (χ1n) is 21.4. The zero-order chi connectivity index (χ0) is 42.9. The molecule has 10 atom stereocenters. The van der Waals surface area contributed by atoms with Crippen LogP contribution in [0.5, 0.6) is 0 Å². The Morgan fingerprint density at radius 3 is 1.31 bits per heavy atom. The van der Waals surface area contributed by atoms with Gasteiger partial charge < -0.3 is 42.6 Å². The molecule has 11 heteroatoms. The maximum Gasteiger partial charge on any atom is 0.302 e. The topological polar surface area (TPSA) is 100 Å². The average Bonchev–Trinajstić information content (AvgIpc) is 3.30. The summed E-state index contributed by atoms with van der Waals surface area (Å²) >= 11 is 1.66. The van der Waals surface area contributed by atoms with Crippen LogP contribution in [0.15, 0.2) is 152 Å². The van der Waals surface area contributed by atoms with E-state index in [9.17, 15) is 4.79 Å². The molecule has 0 unspecified atom stereocenters. The van der Waals surface area contributed by atoms with Gasteiger partial charge in [0.1, 0.15) is 54.8 Å². The molecule has 5 aromatic carbocycles. The quantitative estimate of drug-likeness (QED) is 0.0661. The summed E-state index contributed by atoms with van der Waals surface area (Å²) in [6.07, 6.45) is -6.51. The predicted molar refractivity (Wildman–Crippen MR) is 238 cm³/mol. The van der Waals surface area contributed by atoms with Gasteiger partial charge in [-0.15, -0.1) is 11.8 Å². The lowest BCUT2D eigenvalue weighted by molar-refractivity contribution is -0.357. The molecule has 62 heavy (non-hydrogen) atoms. The molecule has 0 saturated carbocycles. The second-order valence-electron chi connectivity index (χ2n) is 15.4. The van der Waals surface area contributed by atoms with Crippen molar-refractivity contribution in [3.63, 3.8) is 0 Å². The van der Waals surface area contributed by atoms with Crippen molar-refractivity contribution in [1.29, 1.82) is 0 Å². The minimum absolute atomic E-state index is 0.106. The molecule has 10 nitrogen and oxygen atoms in total. The van der Waals surface area contributed by atoms with Crippen LogP contribution in [0.2, 0.25) is 0 Å². The summed E-state index contributed by atoms with van der Waals surface area (Å²) in [4.78, 5) is 12.4. The van der Waals surface area contributed by atoms with Crippen LogP contribution in [0.3, 0.4) is 0 Å². The fourth-order valence-corrected chi connectivity index (χ4v) is 8.72. The fraction of sp³-hybridized carbons (Fsp3) is 0.392. The largest absolute Gasteiger partial charge is 0.463 e. The summed E-state index contributed by atoms with van der Waals surface area (Å²) in [7, 11) is 0. The smallest absolute Gasteiger partial charge is 0.302 e. The van der Waals surface area contributed by atoms with Gasteiger partial charge in [0.15, 0.2) is 6.29 Å². The van der Waals surface area contributed by atoms with Gasteiger partial charge in [-0.2, -0.15) is 0 Å². The number of carbonyl (C=O) groups is 1.